The van der Waals surface area contributed by atoms with Crippen LogP contribution in [0.15, 0.2) is 28.9 Å². The lowest BCUT2D eigenvalue weighted by Gasteiger charge is -1.96. The quantitative estimate of drug-likeness (QED) is 0.851. The van der Waals surface area contributed by atoms with E-state index < -0.39 is 5.97 Å². The van der Waals surface area contributed by atoms with Crippen LogP contribution in [0.1, 0.15) is 5.76 Å². The van der Waals surface area contributed by atoms with E-state index in [2.05, 4.69) is 5.10 Å². The SMILES string of the molecule is Cc1ccc(Oc2cnn(CC(=O)O)c2)o1. The minimum atomic E-state index is -0.955. The van der Waals surface area contributed by atoms with Gasteiger partial charge in [-0.15, -0.1) is 0 Å². The van der Waals surface area contributed by atoms with E-state index in [-0.39, 0.29) is 6.54 Å². The van der Waals surface area contributed by atoms with Crippen LogP contribution in [0.4, 0.5) is 0 Å². The monoisotopic (exact) mass is 222 g/mol. The Morgan fingerprint density at radius 3 is 3.06 bits per heavy atom. The van der Waals surface area contributed by atoms with Gasteiger partial charge in [-0.25, -0.2) is 0 Å². The second-order valence-electron chi connectivity index (χ2n) is 3.23. The normalized spacial score (nSPS) is 10.3. The molecule has 0 aromatic carbocycles. The van der Waals surface area contributed by atoms with Crippen molar-refractivity contribution < 1.29 is 19.1 Å². The molecule has 0 saturated heterocycles. The Balaban J connectivity index is 2.05. The molecule has 0 aliphatic rings. The fourth-order valence-corrected chi connectivity index (χ4v) is 1.21. The molecule has 0 amide bonds. The molecule has 0 atom stereocenters. The summed E-state index contributed by atoms with van der Waals surface area (Å²) in [5.41, 5.74) is 0. The number of aromatic nitrogens is 2. The minimum Gasteiger partial charge on any atom is -0.480 e. The van der Waals surface area contributed by atoms with Gasteiger partial charge < -0.3 is 14.3 Å². The van der Waals surface area contributed by atoms with Crippen LogP contribution >= 0.6 is 0 Å². The van der Waals surface area contributed by atoms with E-state index >= 15 is 0 Å². The van der Waals surface area contributed by atoms with Crippen molar-refractivity contribution in [2.75, 3.05) is 0 Å². The molecule has 16 heavy (non-hydrogen) atoms. The number of carbonyl (C=O) groups is 1. The van der Waals surface area contributed by atoms with Crippen molar-refractivity contribution in [2.24, 2.45) is 0 Å². The highest BCUT2D eigenvalue weighted by Gasteiger charge is 2.06. The summed E-state index contributed by atoms with van der Waals surface area (Å²) in [6, 6.07) is 3.46. The maximum Gasteiger partial charge on any atom is 0.325 e. The van der Waals surface area contributed by atoms with Crippen LogP contribution in [0.3, 0.4) is 0 Å². The summed E-state index contributed by atoms with van der Waals surface area (Å²) in [6.07, 6.45) is 2.92. The van der Waals surface area contributed by atoms with E-state index in [0.29, 0.717) is 11.7 Å². The fourth-order valence-electron chi connectivity index (χ4n) is 1.21. The van der Waals surface area contributed by atoms with E-state index in [1.54, 1.807) is 19.1 Å². The van der Waals surface area contributed by atoms with Crippen LogP contribution in [-0.4, -0.2) is 20.9 Å². The Hall–Kier alpha value is -2.24. The Bertz CT molecular complexity index is 500. The molecule has 2 rings (SSSR count). The molecule has 6 nitrogen and oxygen atoms in total. The first-order valence-corrected chi connectivity index (χ1v) is 4.62. The highest BCUT2D eigenvalue weighted by Crippen LogP contribution is 2.22. The smallest absolute Gasteiger partial charge is 0.325 e. The molecule has 1 N–H and O–H groups in total. The third-order valence-electron chi connectivity index (χ3n) is 1.84. The first kappa shape index (κ1) is 10.3. The number of aryl methyl sites for hydroxylation is 1. The zero-order valence-electron chi connectivity index (χ0n) is 8.58. The molecule has 84 valence electrons. The molecule has 0 bridgehead atoms. The van der Waals surface area contributed by atoms with Crippen molar-refractivity contribution in [3.63, 3.8) is 0 Å². The van der Waals surface area contributed by atoms with Gasteiger partial charge in [0.25, 0.3) is 5.95 Å². The maximum absolute atomic E-state index is 10.4. The molecule has 0 radical (unpaired) electrons. The molecule has 0 fully saturated rings. The van der Waals surface area contributed by atoms with Crippen molar-refractivity contribution >= 4 is 5.97 Å². The summed E-state index contributed by atoms with van der Waals surface area (Å²) in [5, 5.41) is 12.4. The average molecular weight is 222 g/mol. The Morgan fingerprint density at radius 1 is 1.62 bits per heavy atom. The predicted octanol–water partition coefficient (Wildman–Crippen LogP) is 1.66. The van der Waals surface area contributed by atoms with Gasteiger partial charge >= 0.3 is 5.97 Å². The first-order chi connectivity index (χ1) is 7.63. The maximum atomic E-state index is 10.4. The van der Waals surface area contributed by atoms with Gasteiger partial charge in [0.2, 0.25) is 0 Å². The van der Waals surface area contributed by atoms with Gasteiger partial charge in [0.15, 0.2) is 5.75 Å². The highest BCUT2D eigenvalue weighted by atomic mass is 16.6. The van der Waals surface area contributed by atoms with Crippen molar-refractivity contribution in [3.8, 4) is 11.7 Å². The second kappa shape index (κ2) is 4.09. The molecule has 0 unspecified atom stereocenters. The standard InChI is InChI=1S/C10H10N2O4/c1-7-2-3-10(15-7)16-8-4-11-12(5-8)6-9(13)14/h2-5H,6H2,1H3,(H,13,14). The van der Waals surface area contributed by atoms with Gasteiger partial charge in [0.1, 0.15) is 12.3 Å². The summed E-state index contributed by atoms with van der Waals surface area (Å²) >= 11 is 0. The van der Waals surface area contributed by atoms with Gasteiger partial charge in [0, 0.05) is 6.07 Å². The summed E-state index contributed by atoms with van der Waals surface area (Å²) in [7, 11) is 0. The minimum absolute atomic E-state index is 0.194. The third-order valence-corrected chi connectivity index (χ3v) is 1.84. The molecule has 0 spiro atoms. The van der Waals surface area contributed by atoms with Crippen molar-refractivity contribution in [1.29, 1.82) is 0 Å². The van der Waals surface area contributed by atoms with E-state index in [1.807, 2.05) is 0 Å². The van der Waals surface area contributed by atoms with Gasteiger partial charge in [-0.2, -0.15) is 5.10 Å². The van der Waals surface area contributed by atoms with Crippen molar-refractivity contribution in [3.05, 3.63) is 30.3 Å². The highest BCUT2D eigenvalue weighted by molar-refractivity contribution is 5.66. The predicted molar refractivity (Wildman–Crippen MR) is 53.4 cm³/mol. The number of hydrogen-bond donors (Lipinski definition) is 1. The fraction of sp³-hybridized carbons (Fsp3) is 0.200. The van der Waals surface area contributed by atoms with Gasteiger partial charge in [-0.1, -0.05) is 0 Å². The molecular formula is C10H10N2O4. The van der Waals surface area contributed by atoms with E-state index in [9.17, 15) is 4.79 Å². The Kier molecular flexibility index (Phi) is 2.63. The van der Waals surface area contributed by atoms with E-state index in [0.717, 1.165) is 5.76 Å². The number of ether oxygens (including phenoxy) is 1. The number of carboxylic acids is 1. The second-order valence-corrected chi connectivity index (χ2v) is 3.23. The van der Waals surface area contributed by atoms with Gasteiger partial charge in [0.05, 0.1) is 12.4 Å². The number of furan rings is 1. The number of nitrogens with zero attached hydrogens (tertiary/aromatic N) is 2. The zero-order valence-corrected chi connectivity index (χ0v) is 8.58. The van der Waals surface area contributed by atoms with Crippen LogP contribution in [0.2, 0.25) is 0 Å². The summed E-state index contributed by atoms with van der Waals surface area (Å²) in [6.45, 7) is 1.61. The third kappa shape index (κ3) is 2.41. The average Bonchev–Trinajstić information content (AvgIpc) is 2.76. The first-order valence-electron chi connectivity index (χ1n) is 4.62. The Morgan fingerprint density at radius 2 is 2.44 bits per heavy atom. The number of aliphatic carboxylic acids is 1. The van der Waals surface area contributed by atoms with Gasteiger partial charge in [-0.3, -0.25) is 9.48 Å². The molecule has 0 aliphatic carbocycles. The van der Waals surface area contributed by atoms with E-state index in [4.69, 9.17) is 14.3 Å². The molecular weight excluding hydrogens is 212 g/mol. The van der Waals surface area contributed by atoms with Crippen molar-refractivity contribution in [1.82, 2.24) is 9.78 Å². The molecule has 0 aliphatic heterocycles. The number of rotatable bonds is 4. The van der Waals surface area contributed by atoms with Crippen LogP contribution in [0, 0.1) is 6.92 Å². The summed E-state index contributed by atoms with van der Waals surface area (Å²) in [5.74, 6) is 0.583. The number of carboxylic acid groups (broad SMARTS) is 1. The van der Waals surface area contributed by atoms with Crippen molar-refractivity contribution in [2.45, 2.75) is 13.5 Å². The van der Waals surface area contributed by atoms with Gasteiger partial charge in [-0.05, 0) is 13.0 Å². The largest absolute Gasteiger partial charge is 0.480 e. The topological polar surface area (TPSA) is 77.5 Å². The lowest BCUT2D eigenvalue weighted by Crippen LogP contribution is -2.08. The Labute approximate surface area is 91.1 Å². The van der Waals surface area contributed by atoms with Crippen LogP contribution in [0.5, 0.6) is 11.7 Å². The summed E-state index contributed by atoms with van der Waals surface area (Å²) < 4.78 is 11.8. The lowest BCUT2D eigenvalue weighted by atomic mass is 10.5. The zero-order chi connectivity index (χ0) is 11.5. The molecule has 2 aromatic heterocycles. The lowest BCUT2D eigenvalue weighted by molar-refractivity contribution is -0.137. The van der Waals surface area contributed by atoms with Crippen LogP contribution in [0.25, 0.3) is 0 Å². The molecule has 6 heteroatoms. The molecule has 0 saturated carbocycles. The van der Waals surface area contributed by atoms with Crippen LogP contribution in [-0.2, 0) is 11.3 Å². The molecule has 2 heterocycles. The summed E-state index contributed by atoms with van der Waals surface area (Å²) in [4.78, 5) is 10.4. The van der Waals surface area contributed by atoms with E-state index in [1.165, 1.54) is 17.1 Å². The number of hydrogen-bond acceptors (Lipinski definition) is 4. The molecule has 2 aromatic rings. The van der Waals surface area contributed by atoms with Crippen LogP contribution < -0.4 is 4.74 Å².